The average Bonchev–Trinajstić information content (AvgIpc) is 3.67. The molecule has 12 heteroatoms. The van der Waals surface area contributed by atoms with E-state index < -0.39 is 56.2 Å². The van der Waals surface area contributed by atoms with Crippen LogP contribution in [0.2, 0.25) is 0 Å². The van der Waals surface area contributed by atoms with E-state index in [0.29, 0.717) is 11.1 Å². The van der Waals surface area contributed by atoms with Gasteiger partial charge in [0.05, 0.1) is 21.9 Å². The quantitative estimate of drug-likeness (QED) is 0.281. The van der Waals surface area contributed by atoms with E-state index in [1.54, 1.807) is 48.5 Å². The highest BCUT2D eigenvalue weighted by Gasteiger charge is 2.48. The Kier molecular flexibility index (Phi) is 9.45. The van der Waals surface area contributed by atoms with Crippen LogP contribution in [0, 0.1) is 0 Å². The molecule has 2 aliphatic heterocycles. The minimum absolute atomic E-state index is 0.0142. The van der Waals surface area contributed by atoms with Gasteiger partial charge in [0.25, 0.3) is 0 Å². The monoisotopic (exact) mass is 696 g/mol. The second kappa shape index (κ2) is 12.7. The second-order valence-corrected chi connectivity index (χ2v) is 18.5. The molecule has 2 unspecified atom stereocenters. The summed E-state index contributed by atoms with van der Waals surface area (Å²) < 4.78 is 58.5. The van der Waals surface area contributed by atoms with E-state index in [1.165, 1.54) is 24.3 Å². The lowest BCUT2D eigenvalue weighted by molar-refractivity contribution is -0.141. The van der Waals surface area contributed by atoms with Crippen LogP contribution in [0.3, 0.4) is 0 Å². The molecule has 2 N–H and O–H groups in total. The molecule has 0 saturated carbocycles. The van der Waals surface area contributed by atoms with Crippen molar-refractivity contribution in [2.75, 3.05) is 0 Å². The number of aliphatic carboxylic acids is 2. The van der Waals surface area contributed by atoms with Crippen LogP contribution in [-0.2, 0) is 40.5 Å². The van der Waals surface area contributed by atoms with E-state index in [0.717, 1.165) is 19.7 Å². The van der Waals surface area contributed by atoms with Crippen molar-refractivity contribution >= 4 is 32.0 Å². The number of sulfonamides is 2. The van der Waals surface area contributed by atoms with Crippen molar-refractivity contribution in [1.29, 1.82) is 0 Å². The van der Waals surface area contributed by atoms with E-state index in [4.69, 9.17) is 0 Å². The number of hydrogen-bond donors (Lipinski definition) is 2. The van der Waals surface area contributed by atoms with Gasteiger partial charge in [0, 0.05) is 0 Å². The van der Waals surface area contributed by atoms with Gasteiger partial charge in [0.2, 0.25) is 20.0 Å². The van der Waals surface area contributed by atoms with Gasteiger partial charge in [-0.1, -0.05) is 90.1 Å². The highest BCUT2D eigenvalue weighted by atomic mass is 32.2. The molecule has 3 aromatic carbocycles. The average molecular weight is 697 g/mol. The number of nitrogens with zero attached hydrogens (tertiary/aromatic N) is 2. The van der Waals surface area contributed by atoms with Crippen LogP contribution in [0.15, 0.2) is 82.6 Å². The fraction of sp³-hybridized carbons (Fsp3) is 0.444. The van der Waals surface area contributed by atoms with Gasteiger partial charge in [-0.15, -0.1) is 0 Å². The van der Waals surface area contributed by atoms with Crippen molar-refractivity contribution in [2.24, 2.45) is 0 Å². The van der Waals surface area contributed by atoms with Gasteiger partial charge < -0.3 is 10.2 Å². The predicted octanol–water partition coefficient (Wildman–Crippen LogP) is 6.24. The molecule has 2 heterocycles. The number of carboxylic acid groups (broad SMARTS) is 2. The van der Waals surface area contributed by atoms with E-state index in [1.807, 2.05) is 41.5 Å². The fourth-order valence-corrected chi connectivity index (χ4v) is 10.4. The Morgan fingerprint density at radius 1 is 0.583 bits per heavy atom. The van der Waals surface area contributed by atoms with Gasteiger partial charge in [-0.05, 0) is 83.0 Å². The normalized spacial score (nSPS) is 23.0. The molecule has 10 nitrogen and oxygen atoms in total. The third-order valence-electron chi connectivity index (χ3n) is 9.50. The summed E-state index contributed by atoms with van der Waals surface area (Å²) in [5, 5.41) is 20.2. The van der Waals surface area contributed by atoms with Gasteiger partial charge in [-0.25, -0.2) is 16.8 Å². The molecule has 0 radical (unpaired) electrons. The Morgan fingerprint density at radius 3 is 1.21 bits per heavy atom. The highest BCUT2D eigenvalue weighted by Crippen LogP contribution is 2.45. The molecule has 3 aromatic rings. The summed E-state index contributed by atoms with van der Waals surface area (Å²) in [6.45, 7) is 12.1. The zero-order valence-electron chi connectivity index (χ0n) is 28.1. The Labute approximate surface area is 283 Å². The van der Waals surface area contributed by atoms with E-state index >= 15 is 0 Å². The number of carbonyl (C=O) groups is 2. The zero-order valence-corrected chi connectivity index (χ0v) is 29.8. The van der Waals surface area contributed by atoms with E-state index in [-0.39, 0.29) is 46.3 Å². The first kappa shape index (κ1) is 35.7. The maximum atomic E-state index is 14.1. The minimum atomic E-state index is -4.26. The Morgan fingerprint density at radius 2 is 0.917 bits per heavy atom. The molecule has 48 heavy (non-hydrogen) atoms. The summed E-state index contributed by atoms with van der Waals surface area (Å²) >= 11 is 0. The summed E-state index contributed by atoms with van der Waals surface area (Å²) in [6.07, 6.45) is 0.673. The Hall–Kier alpha value is -3.58. The van der Waals surface area contributed by atoms with Gasteiger partial charge >= 0.3 is 11.9 Å². The van der Waals surface area contributed by atoms with Crippen LogP contribution < -0.4 is 0 Å². The highest BCUT2D eigenvalue weighted by molar-refractivity contribution is 7.89. The molecule has 0 amide bonds. The number of benzene rings is 3. The molecule has 0 bridgehead atoms. The maximum Gasteiger partial charge on any atom is 0.322 e. The maximum absolute atomic E-state index is 14.1. The van der Waals surface area contributed by atoms with E-state index in [2.05, 4.69) is 0 Å². The molecule has 2 saturated heterocycles. The van der Waals surface area contributed by atoms with Crippen molar-refractivity contribution < 1.29 is 36.6 Å². The van der Waals surface area contributed by atoms with Crippen molar-refractivity contribution in [3.63, 3.8) is 0 Å². The predicted molar refractivity (Wildman–Crippen MR) is 182 cm³/mol. The van der Waals surface area contributed by atoms with Crippen molar-refractivity contribution in [3.8, 4) is 0 Å². The Balaban J connectivity index is 1.53. The standard InChI is InChI=1S/C36H44N2O8S2/c1-35(2,3)25-10-14-27(15-11-25)47(43,44)37-29(18-20-31(37)33(39)40)23-8-7-9-24(22-23)30-19-21-32(34(41)42)38(30)48(45,46)28-16-12-26(13-17-28)36(4,5)6/h7-17,22,29-32H,18-21H2,1-6H3,(H,39,40)(H,41,42)/t29?,30?,31-,32-/m0/s1. The lowest BCUT2D eigenvalue weighted by Gasteiger charge is -2.30. The van der Waals surface area contributed by atoms with Gasteiger partial charge in [0.15, 0.2) is 0 Å². The van der Waals surface area contributed by atoms with Crippen LogP contribution >= 0.6 is 0 Å². The summed E-state index contributed by atoms with van der Waals surface area (Å²) in [4.78, 5) is 24.7. The molecule has 0 spiro atoms. The Bertz CT molecular complexity index is 1770. The molecular weight excluding hydrogens is 653 g/mol. The smallest absolute Gasteiger partial charge is 0.322 e. The molecular formula is C36H44N2O8S2. The summed E-state index contributed by atoms with van der Waals surface area (Å²) in [5.41, 5.74) is 2.47. The van der Waals surface area contributed by atoms with Crippen molar-refractivity contribution in [1.82, 2.24) is 8.61 Å². The second-order valence-electron chi connectivity index (χ2n) is 14.8. The summed E-state index contributed by atoms with van der Waals surface area (Å²) in [5.74, 6) is -2.50. The van der Waals surface area contributed by atoms with Gasteiger partial charge in [-0.3, -0.25) is 9.59 Å². The number of rotatable bonds is 8. The topological polar surface area (TPSA) is 149 Å². The van der Waals surface area contributed by atoms with Crippen LogP contribution in [0.5, 0.6) is 0 Å². The summed E-state index contributed by atoms with van der Waals surface area (Å²) in [6, 6.07) is 15.5. The SMILES string of the molecule is CC(C)(C)c1ccc(S(=O)(=O)N2C(c3cccc(C4CC[C@@H](C(=O)O)N4S(=O)(=O)c4ccc(C(C)(C)C)cc4)c3)CC[C@H]2C(=O)O)cc1. The largest absolute Gasteiger partial charge is 0.480 e. The fourth-order valence-electron chi connectivity index (χ4n) is 6.81. The molecule has 0 aliphatic carbocycles. The van der Waals surface area contributed by atoms with Crippen molar-refractivity contribution in [3.05, 3.63) is 95.1 Å². The molecule has 4 atom stereocenters. The molecule has 258 valence electrons. The zero-order chi connectivity index (χ0) is 35.4. The lowest BCUT2D eigenvalue weighted by atomic mass is 9.87. The van der Waals surface area contributed by atoms with Crippen LogP contribution in [0.4, 0.5) is 0 Å². The first-order valence-electron chi connectivity index (χ1n) is 16.1. The van der Waals surface area contributed by atoms with E-state index in [9.17, 15) is 36.6 Å². The minimum Gasteiger partial charge on any atom is -0.480 e. The lowest BCUT2D eigenvalue weighted by Crippen LogP contribution is -2.42. The first-order valence-corrected chi connectivity index (χ1v) is 19.0. The third-order valence-corrected chi connectivity index (χ3v) is 13.4. The molecule has 2 fully saturated rings. The van der Waals surface area contributed by atoms with Crippen LogP contribution in [-0.4, -0.2) is 59.7 Å². The summed E-state index contributed by atoms with van der Waals surface area (Å²) in [7, 11) is -8.52. The molecule has 0 aromatic heterocycles. The third kappa shape index (κ3) is 6.67. The molecule has 5 rings (SSSR count). The van der Waals surface area contributed by atoms with Gasteiger partial charge in [0.1, 0.15) is 12.1 Å². The van der Waals surface area contributed by atoms with Crippen LogP contribution in [0.1, 0.15) is 102 Å². The molecule has 2 aliphatic rings. The van der Waals surface area contributed by atoms with Crippen LogP contribution in [0.25, 0.3) is 0 Å². The van der Waals surface area contributed by atoms with Gasteiger partial charge in [-0.2, -0.15) is 8.61 Å². The first-order chi connectivity index (χ1) is 22.2. The number of hydrogen-bond acceptors (Lipinski definition) is 6. The van der Waals surface area contributed by atoms with Crippen molar-refractivity contribution in [2.45, 2.75) is 112 Å². The number of carboxylic acids is 2.